The van der Waals surface area contributed by atoms with Crippen molar-refractivity contribution in [3.8, 4) is 0 Å². The molecule has 0 spiro atoms. The van der Waals surface area contributed by atoms with Crippen molar-refractivity contribution in [2.45, 2.75) is 57.0 Å². The van der Waals surface area contributed by atoms with Gasteiger partial charge in [-0.15, -0.1) is 11.8 Å². The summed E-state index contributed by atoms with van der Waals surface area (Å²) in [5.41, 5.74) is 6.63. The SMILES string of the molecule is CCCSc1nn(C2CCCC2)c(N)c1C(=O)OCC. The van der Waals surface area contributed by atoms with E-state index >= 15 is 0 Å². The molecule has 0 aliphatic heterocycles. The maximum Gasteiger partial charge on any atom is 0.344 e. The first-order chi connectivity index (χ1) is 9.69. The van der Waals surface area contributed by atoms with Gasteiger partial charge < -0.3 is 10.5 Å². The van der Waals surface area contributed by atoms with Crippen LogP contribution in [-0.4, -0.2) is 28.1 Å². The van der Waals surface area contributed by atoms with E-state index < -0.39 is 0 Å². The predicted molar refractivity (Wildman–Crippen MR) is 81.1 cm³/mol. The number of hydrogen-bond acceptors (Lipinski definition) is 5. The Balaban J connectivity index is 2.32. The lowest BCUT2D eigenvalue weighted by molar-refractivity contribution is 0.0523. The van der Waals surface area contributed by atoms with Gasteiger partial charge in [-0.25, -0.2) is 9.48 Å². The second-order valence-corrected chi connectivity index (χ2v) is 6.10. The quantitative estimate of drug-likeness (QED) is 0.644. The van der Waals surface area contributed by atoms with E-state index in [4.69, 9.17) is 10.5 Å². The molecule has 1 heterocycles. The molecule has 0 saturated heterocycles. The van der Waals surface area contributed by atoms with E-state index in [2.05, 4.69) is 12.0 Å². The van der Waals surface area contributed by atoms with Gasteiger partial charge >= 0.3 is 5.97 Å². The molecule has 1 aliphatic carbocycles. The molecule has 6 heteroatoms. The van der Waals surface area contributed by atoms with Crippen LogP contribution < -0.4 is 5.73 Å². The van der Waals surface area contributed by atoms with E-state index in [9.17, 15) is 4.79 Å². The first-order valence-corrected chi connectivity index (χ1v) is 8.35. The number of carbonyl (C=O) groups is 1. The van der Waals surface area contributed by atoms with Crippen molar-refractivity contribution in [3.05, 3.63) is 5.56 Å². The van der Waals surface area contributed by atoms with Crippen LogP contribution in [0.5, 0.6) is 0 Å². The van der Waals surface area contributed by atoms with Crippen molar-refractivity contribution in [1.82, 2.24) is 9.78 Å². The zero-order valence-electron chi connectivity index (χ0n) is 12.2. The van der Waals surface area contributed by atoms with E-state index in [1.54, 1.807) is 18.7 Å². The van der Waals surface area contributed by atoms with Gasteiger partial charge in [-0.1, -0.05) is 19.8 Å². The maximum absolute atomic E-state index is 12.1. The molecule has 5 nitrogen and oxygen atoms in total. The number of anilines is 1. The van der Waals surface area contributed by atoms with Gasteiger partial charge in [0.15, 0.2) is 0 Å². The van der Waals surface area contributed by atoms with Crippen LogP contribution in [0.25, 0.3) is 0 Å². The van der Waals surface area contributed by atoms with Crippen LogP contribution >= 0.6 is 11.8 Å². The first-order valence-electron chi connectivity index (χ1n) is 7.36. The van der Waals surface area contributed by atoms with Crippen molar-refractivity contribution in [3.63, 3.8) is 0 Å². The minimum absolute atomic E-state index is 0.333. The predicted octanol–water partition coefficient (Wildman–Crippen LogP) is 3.26. The monoisotopic (exact) mass is 297 g/mol. The molecule has 1 fully saturated rings. The number of rotatable bonds is 6. The molecule has 1 saturated carbocycles. The van der Waals surface area contributed by atoms with Crippen molar-refractivity contribution in [1.29, 1.82) is 0 Å². The summed E-state index contributed by atoms with van der Waals surface area (Å²) in [7, 11) is 0. The summed E-state index contributed by atoms with van der Waals surface area (Å²) in [4.78, 5) is 12.1. The Morgan fingerprint density at radius 3 is 2.75 bits per heavy atom. The number of thioether (sulfide) groups is 1. The Kier molecular flexibility index (Phi) is 5.34. The molecule has 0 atom stereocenters. The highest BCUT2D eigenvalue weighted by Gasteiger charge is 2.28. The summed E-state index contributed by atoms with van der Waals surface area (Å²) in [6, 6.07) is 0.333. The number of esters is 1. The molecule has 1 aromatic rings. The third-order valence-electron chi connectivity index (χ3n) is 3.51. The van der Waals surface area contributed by atoms with Gasteiger partial charge in [0.2, 0.25) is 0 Å². The molecular weight excluding hydrogens is 274 g/mol. The van der Waals surface area contributed by atoms with Crippen LogP contribution in [0.15, 0.2) is 5.03 Å². The maximum atomic E-state index is 12.1. The highest BCUT2D eigenvalue weighted by molar-refractivity contribution is 7.99. The summed E-state index contributed by atoms with van der Waals surface area (Å²) >= 11 is 1.58. The van der Waals surface area contributed by atoms with E-state index in [0.717, 1.165) is 30.0 Å². The molecule has 0 radical (unpaired) electrons. The lowest BCUT2D eigenvalue weighted by Crippen LogP contribution is -2.12. The molecule has 20 heavy (non-hydrogen) atoms. The molecule has 1 aliphatic rings. The van der Waals surface area contributed by atoms with Crippen LogP contribution in [0.3, 0.4) is 0 Å². The standard InChI is InChI=1S/C14H23N3O2S/c1-3-9-20-13-11(14(18)19-4-2)12(15)17(16-13)10-7-5-6-8-10/h10H,3-9,15H2,1-2H3. The number of nitrogens with two attached hydrogens (primary N) is 1. The fourth-order valence-electron chi connectivity index (χ4n) is 2.55. The normalized spacial score (nSPS) is 15.7. The van der Waals surface area contributed by atoms with Gasteiger partial charge in [-0.05, 0) is 31.9 Å². The third-order valence-corrected chi connectivity index (χ3v) is 4.68. The summed E-state index contributed by atoms with van der Waals surface area (Å²) in [6.45, 7) is 4.26. The number of nitrogens with zero attached hydrogens (tertiary/aromatic N) is 2. The van der Waals surface area contributed by atoms with Crippen molar-refractivity contribution in [2.75, 3.05) is 18.1 Å². The number of carbonyl (C=O) groups excluding carboxylic acids is 1. The van der Waals surface area contributed by atoms with Gasteiger partial charge in [-0.2, -0.15) is 5.10 Å². The molecule has 2 N–H and O–H groups in total. The Morgan fingerprint density at radius 2 is 2.15 bits per heavy atom. The van der Waals surface area contributed by atoms with Crippen LogP contribution in [0, 0.1) is 0 Å². The smallest absolute Gasteiger partial charge is 0.344 e. The van der Waals surface area contributed by atoms with Gasteiger partial charge in [0.1, 0.15) is 16.4 Å². The Bertz CT molecular complexity index is 467. The molecular formula is C14H23N3O2S. The van der Waals surface area contributed by atoms with Crippen molar-refractivity contribution in [2.24, 2.45) is 0 Å². The topological polar surface area (TPSA) is 70.1 Å². The van der Waals surface area contributed by atoms with Gasteiger partial charge in [0, 0.05) is 0 Å². The van der Waals surface area contributed by atoms with Crippen LogP contribution in [0.4, 0.5) is 5.82 Å². The van der Waals surface area contributed by atoms with Crippen LogP contribution in [0.1, 0.15) is 62.4 Å². The van der Waals surface area contributed by atoms with E-state index in [1.807, 2.05) is 4.68 Å². The average molecular weight is 297 g/mol. The molecule has 0 bridgehead atoms. The van der Waals surface area contributed by atoms with Gasteiger partial charge in [0.25, 0.3) is 0 Å². The summed E-state index contributed by atoms with van der Waals surface area (Å²) < 4.78 is 6.96. The van der Waals surface area contributed by atoms with Crippen LogP contribution in [0.2, 0.25) is 0 Å². The first kappa shape index (κ1) is 15.2. The van der Waals surface area contributed by atoms with Gasteiger partial charge in [-0.3, -0.25) is 0 Å². The minimum atomic E-state index is -0.354. The van der Waals surface area contributed by atoms with Crippen molar-refractivity contribution >= 4 is 23.5 Å². The van der Waals surface area contributed by atoms with E-state index in [1.165, 1.54) is 12.8 Å². The molecule has 0 unspecified atom stereocenters. The number of nitrogen functional groups attached to an aromatic ring is 1. The number of aromatic nitrogens is 2. The Labute approximate surface area is 124 Å². The van der Waals surface area contributed by atoms with Crippen LogP contribution in [-0.2, 0) is 4.74 Å². The fourth-order valence-corrected chi connectivity index (χ4v) is 3.42. The molecule has 2 rings (SSSR count). The summed E-state index contributed by atoms with van der Waals surface area (Å²) in [6.07, 6.45) is 5.62. The highest BCUT2D eigenvalue weighted by atomic mass is 32.2. The largest absolute Gasteiger partial charge is 0.462 e. The van der Waals surface area contributed by atoms with Gasteiger partial charge in [0.05, 0.1) is 12.6 Å². The molecule has 0 amide bonds. The second-order valence-electron chi connectivity index (χ2n) is 5.02. The van der Waals surface area contributed by atoms with E-state index in [0.29, 0.717) is 24.0 Å². The molecule has 0 aromatic carbocycles. The Morgan fingerprint density at radius 1 is 1.45 bits per heavy atom. The minimum Gasteiger partial charge on any atom is -0.462 e. The van der Waals surface area contributed by atoms with Crippen molar-refractivity contribution < 1.29 is 9.53 Å². The van der Waals surface area contributed by atoms with E-state index in [-0.39, 0.29) is 5.97 Å². The average Bonchev–Trinajstić information content (AvgIpc) is 3.04. The molecule has 1 aromatic heterocycles. The highest BCUT2D eigenvalue weighted by Crippen LogP contribution is 2.35. The Hall–Kier alpha value is -1.17. The second kappa shape index (κ2) is 7.02. The lowest BCUT2D eigenvalue weighted by atomic mass is 10.2. The zero-order chi connectivity index (χ0) is 14.5. The number of hydrogen-bond donors (Lipinski definition) is 1. The third kappa shape index (κ3) is 3.11. The zero-order valence-corrected chi connectivity index (χ0v) is 13.0. The lowest BCUT2D eigenvalue weighted by Gasteiger charge is -2.11. The molecule has 112 valence electrons. The summed E-state index contributed by atoms with van der Waals surface area (Å²) in [5.74, 6) is 1.04. The number of ether oxygens (including phenoxy) is 1. The fraction of sp³-hybridized carbons (Fsp3) is 0.714. The summed E-state index contributed by atoms with van der Waals surface area (Å²) in [5, 5.41) is 5.30.